The van der Waals surface area contributed by atoms with Crippen LogP contribution in [-0.2, 0) is 16.6 Å². The van der Waals surface area contributed by atoms with Crippen LogP contribution in [-0.4, -0.2) is 21.5 Å². The Morgan fingerprint density at radius 3 is 2.52 bits per heavy atom. The van der Waals surface area contributed by atoms with E-state index in [1.807, 2.05) is 20.0 Å². The van der Waals surface area contributed by atoms with Gasteiger partial charge in [-0.15, -0.1) is 0 Å². The van der Waals surface area contributed by atoms with Gasteiger partial charge in [0, 0.05) is 17.1 Å². The Kier molecular flexibility index (Phi) is 5.82. The predicted molar refractivity (Wildman–Crippen MR) is 88.8 cm³/mol. The van der Waals surface area contributed by atoms with Gasteiger partial charge in [0.15, 0.2) is 0 Å². The maximum absolute atomic E-state index is 12.7. The number of hydrogen-bond acceptors (Lipinski definition) is 3. The molecule has 0 unspecified atom stereocenters. The van der Waals surface area contributed by atoms with Gasteiger partial charge in [0.1, 0.15) is 0 Å². The SMILES string of the molecule is CNCc1cc(C)c(Br)c(S(=O)(=O)NC2CCCCC2)c1. The van der Waals surface area contributed by atoms with Crippen LogP contribution >= 0.6 is 15.9 Å². The molecule has 0 aliphatic heterocycles. The minimum absolute atomic E-state index is 0.0731. The van der Waals surface area contributed by atoms with E-state index in [1.54, 1.807) is 6.07 Å². The van der Waals surface area contributed by atoms with Crippen molar-refractivity contribution in [3.05, 3.63) is 27.7 Å². The molecule has 6 heteroatoms. The molecule has 1 aromatic carbocycles. The number of sulfonamides is 1. The van der Waals surface area contributed by atoms with Crippen LogP contribution in [0.5, 0.6) is 0 Å². The summed E-state index contributed by atoms with van der Waals surface area (Å²) in [5, 5.41) is 3.06. The van der Waals surface area contributed by atoms with E-state index in [2.05, 4.69) is 26.0 Å². The Labute approximate surface area is 135 Å². The molecule has 0 saturated heterocycles. The fraction of sp³-hybridized carbons (Fsp3) is 0.600. The van der Waals surface area contributed by atoms with E-state index < -0.39 is 10.0 Å². The van der Waals surface area contributed by atoms with E-state index in [0.29, 0.717) is 15.9 Å². The third-order valence-electron chi connectivity index (χ3n) is 3.88. The van der Waals surface area contributed by atoms with Crippen molar-refractivity contribution in [2.24, 2.45) is 0 Å². The van der Waals surface area contributed by atoms with Gasteiger partial charge >= 0.3 is 0 Å². The molecule has 0 atom stereocenters. The van der Waals surface area contributed by atoms with Crippen LogP contribution in [0.25, 0.3) is 0 Å². The molecule has 0 spiro atoms. The molecule has 0 radical (unpaired) electrons. The summed E-state index contributed by atoms with van der Waals surface area (Å²) < 4.78 is 28.9. The Morgan fingerprint density at radius 2 is 1.90 bits per heavy atom. The smallest absolute Gasteiger partial charge is 0.241 e. The van der Waals surface area contributed by atoms with Crippen molar-refractivity contribution in [2.75, 3.05) is 7.05 Å². The first-order chi connectivity index (χ1) is 9.94. The van der Waals surface area contributed by atoms with Crippen molar-refractivity contribution >= 4 is 26.0 Å². The standard InChI is InChI=1S/C15H23BrN2O2S/c1-11-8-12(10-17-2)9-14(15(11)16)21(19,20)18-13-6-4-3-5-7-13/h8-9,13,17-18H,3-7,10H2,1-2H3. The lowest BCUT2D eigenvalue weighted by Gasteiger charge is -2.23. The molecule has 1 aliphatic rings. The number of hydrogen-bond donors (Lipinski definition) is 2. The fourth-order valence-corrected chi connectivity index (χ4v) is 5.19. The zero-order valence-corrected chi connectivity index (χ0v) is 15.0. The summed E-state index contributed by atoms with van der Waals surface area (Å²) in [6, 6.07) is 3.82. The van der Waals surface area contributed by atoms with Gasteiger partial charge in [-0.05, 0) is 59.9 Å². The summed E-state index contributed by atoms with van der Waals surface area (Å²) >= 11 is 3.43. The lowest BCUT2D eigenvalue weighted by Crippen LogP contribution is -2.36. The van der Waals surface area contributed by atoms with Crippen molar-refractivity contribution in [1.82, 2.24) is 10.0 Å². The first kappa shape index (κ1) is 16.9. The van der Waals surface area contributed by atoms with E-state index in [9.17, 15) is 8.42 Å². The second-order valence-corrected chi connectivity index (χ2v) is 8.19. The summed E-state index contributed by atoms with van der Waals surface area (Å²) in [5.41, 5.74) is 1.91. The number of aryl methyl sites for hydroxylation is 1. The summed E-state index contributed by atoms with van der Waals surface area (Å²) in [7, 11) is -1.63. The maximum Gasteiger partial charge on any atom is 0.241 e. The Bertz CT molecular complexity index is 596. The normalized spacial score (nSPS) is 17.1. The van der Waals surface area contributed by atoms with Gasteiger partial charge in [-0.3, -0.25) is 0 Å². The van der Waals surface area contributed by atoms with Gasteiger partial charge in [0.05, 0.1) is 4.90 Å². The van der Waals surface area contributed by atoms with E-state index in [1.165, 1.54) is 6.42 Å². The molecule has 2 N–H and O–H groups in total. The quantitative estimate of drug-likeness (QED) is 0.832. The zero-order chi connectivity index (χ0) is 15.5. The zero-order valence-electron chi connectivity index (χ0n) is 12.6. The lowest BCUT2D eigenvalue weighted by atomic mass is 9.96. The second kappa shape index (κ2) is 7.22. The minimum Gasteiger partial charge on any atom is -0.316 e. The molecular formula is C15H23BrN2O2S. The van der Waals surface area contributed by atoms with Crippen LogP contribution in [0.1, 0.15) is 43.2 Å². The third-order valence-corrected chi connectivity index (χ3v) is 6.74. The summed E-state index contributed by atoms with van der Waals surface area (Å²) in [6.45, 7) is 2.57. The summed E-state index contributed by atoms with van der Waals surface area (Å²) in [4.78, 5) is 0.346. The predicted octanol–water partition coefficient (Wildman–Crippen LogP) is 3.09. The van der Waals surface area contributed by atoms with Crippen LogP contribution in [0.4, 0.5) is 0 Å². The van der Waals surface area contributed by atoms with Crippen molar-refractivity contribution in [1.29, 1.82) is 0 Å². The van der Waals surface area contributed by atoms with E-state index in [4.69, 9.17) is 0 Å². The first-order valence-corrected chi connectivity index (χ1v) is 9.67. The van der Waals surface area contributed by atoms with Crippen LogP contribution in [0.15, 0.2) is 21.5 Å². The summed E-state index contributed by atoms with van der Waals surface area (Å²) in [6.07, 6.45) is 5.29. The largest absolute Gasteiger partial charge is 0.316 e. The molecule has 1 fully saturated rings. The molecule has 1 saturated carbocycles. The molecule has 4 nitrogen and oxygen atoms in total. The molecule has 0 aromatic heterocycles. The molecule has 2 rings (SSSR count). The topological polar surface area (TPSA) is 58.2 Å². The van der Waals surface area contributed by atoms with E-state index in [0.717, 1.165) is 36.8 Å². The highest BCUT2D eigenvalue weighted by atomic mass is 79.9. The van der Waals surface area contributed by atoms with Crippen LogP contribution in [0, 0.1) is 6.92 Å². The van der Waals surface area contributed by atoms with Gasteiger partial charge in [-0.25, -0.2) is 13.1 Å². The first-order valence-electron chi connectivity index (χ1n) is 7.40. The molecule has 0 heterocycles. The van der Waals surface area contributed by atoms with Crippen LogP contribution < -0.4 is 10.0 Å². The Hall–Kier alpha value is -0.430. The van der Waals surface area contributed by atoms with Gasteiger partial charge in [0.25, 0.3) is 0 Å². The average Bonchev–Trinajstić information content (AvgIpc) is 2.43. The number of rotatable bonds is 5. The Morgan fingerprint density at radius 1 is 1.24 bits per heavy atom. The highest BCUT2D eigenvalue weighted by Crippen LogP contribution is 2.28. The third kappa shape index (κ3) is 4.28. The van der Waals surface area contributed by atoms with Crippen LogP contribution in [0.2, 0.25) is 0 Å². The monoisotopic (exact) mass is 374 g/mol. The van der Waals surface area contributed by atoms with E-state index >= 15 is 0 Å². The minimum atomic E-state index is -3.48. The number of halogens is 1. The van der Waals surface area contributed by atoms with E-state index in [-0.39, 0.29) is 6.04 Å². The van der Waals surface area contributed by atoms with Crippen molar-refractivity contribution < 1.29 is 8.42 Å². The number of benzene rings is 1. The molecule has 1 aliphatic carbocycles. The van der Waals surface area contributed by atoms with Crippen molar-refractivity contribution in [2.45, 2.75) is 56.5 Å². The molecule has 1 aromatic rings. The van der Waals surface area contributed by atoms with Crippen molar-refractivity contribution in [3.63, 3.8) is 0 Å². The van der Waals surface area contributed by atoms with Gasteiger partial charge in [0.2, 0.25) is 10.0 Å². The maximum atomic E-state index is 12.7. The lowest BCUT2D eigenvalue weighted by molar-refractivity contribution is 0.412. The molecular weight excluding hydrogens is 352 g/mol. The fourth-order valence-electron chi connectivity index (χ4n) is 2.81. The molecule has 0 amide bonds. The summed E-state index contributed by atoms with van der Waals surface area (Å²) in [5.74, 6) is 0. The van der Waals surface area contributed by atoms with Gasteiger partial charge in [-0.1, -0.05) is 25.3 Å². The molecule has 118 valence electrons. The average molecular weight is 375 g/mol. The van der Waals surface area contributed by atoms with Crippen LogP contribution in [0.3, 0.4) is 0 Å². The second-order valence-electron chi connectivity index (χ2n) is 5.71. The molecule has 0 bridgehead atoms. The Balaban J connectivity index is 2.29. The highest BCUT2D eigenvalue weighted by Gasteiger charge is 2.24. The van der Waals surface area contributed by atoms with Crippen molar-refractivity contribution in [3.8, 4) is 0 Å². The highest BCUT2D eigenvalue weighted by molar-refractivity contribution is 9.10. The van der Waals surface area contributed by atoms with Gasteiger partial charge < -0.3 is 5.32 Å². The molecule has 21 heavy (non-hydrogen) atoms. The number of nitrogens with one attached hydrogen (secondary N) is 2. The van der Waals surface area contributed by atoms with Gasteiger partial charge in [-0.2, -0.15) is 0 Å².